The summed E-state index contributed by atoms with van der Waals surface area (Å²) in [6.45, 7) is 1.84. The van der Waals surface area contributed by atoms with Gasteiger partial charge in [-0.1, -0.05) is 36.4 Å². The van der Waals surface area contributed by atoms with Crippen LogP contribution < -0.4 is 11.1 Å². The fourth-order valence-corrected chi connectivity index (χ4v) is 2.14. The minimum Gasteiger partial charge on any atom is -0.324 e. The van der Waals surface area contributed by atoms with Gasteiger partial charge in [-0.2, -0.15) is 0 Å². The molecular formula is C15H18N2. The van der Waals surface area contributed by atoms with E-state index in [-0.39, 0.29) is 5.54 Å². The van der Waals surface area contributed by atoms with E-state index in [0.29, 0.717) is 0 Å². The van der Waals surface area contributed by atoms with Gasteiger partial charge in [-0.05, 0) is 35.2 Å². The molecule has 17 heavy (non-hydrogen) atoms. The van der Waals surface area contributed by atoms with Gasteiger partial charge in [0.25, 0.3) is 0 Å². The van der Waals surface area contributed by atoms with E-state index in [4.69, 9.17) is 5.73 Å². The normalized spacial score (nSPS) is 17.2. The molecule has 1 aliphatic carbocycles. The minimum atomic E-state index is 0.0941. The molecule has 0 amide bonds. The highest BCUT2D eigenvalue weighted by molar-refractivity contribution is 5.82. The molecule has 2 nitrogen and oxygen atoms in total. The summed E-state index contributed by atoms with van der Waals surface area (Å²) < 4.78 is 0. The van der Waals surface area contributed by atoms with E-state index < -0.39 is 0 Å². The Kier molecular flexibility index (Phi) is 2.61. The molecule has 0 bridgehead atoms. The Hall–Kier alpha value is -1.38. The van der Waals surface area contributed by atoms with E-state index in [0.717, 1.165) is 25.9 Å². The standard InChI is InChI=1S/C15H18N2/c16-15(7-8-15)11-17-10-12-5-6-13-3-1-2-4-14(13)9-12/h1-6,9,17H,7-8,10-11,16H2. The van der Waals surface area contributed by atoms with Crippen LogP contribution in [0.2, 0.25) is 0 Å². The van der Waals surface area contributed by atoms with Crippen LogP contribution in [0.25, 0.3) is 10.8 Å². The molecule has 3 rings (SSSR count). The molecule has 3 N–H and O–H groups in total. The van der Waals surface area contributed by atoms with Crippen LogP contribution in [0.5, 0.6) is 0 Å². The van der Waals surface area contributed by atoms with Crippen LogP contribution in [0.15, 0.2) is 42.5 Å². The molecule has 0 saturated heterocycles. The molecule has 0 atom stereocenters. The Morgan fingerprint density at radius 2 is 1.82 bits per heavy atom. The maximum absolute atomic E-state index is 6.04. The summed E-state index contributed by atoms with van der Waals surface area (Å²) in [5, 5.41) is 6.05. The lowest BCUT2D eigenvalue weighted by Gasteiger charge is -2.10. The molecule has 2 aromatic rings. The second-order valence-electron chi connectivity index (χ2n) is 5.15. The highest BCUT2D eigenvalue weighted by Crippen LogP contribution is 2.31. The van der Waals surface area contributed by atoms with Crippen LogP contribution in [0.3, 0.4) is 0 Å². The van der Waals surface area contributed by atoms with Crippen molar-refractivity contribution in [3.05, 3.63) is 48.0 Å². The van der Waals surface area contributed by atoms with Crippen molar-refractivity contribution >= 4 is 10.8 Å². The van der Waals surface area contributed by atoms with E-state index in [1.807, 2.05) is 0 Å². The van der Waals surface area contributed by atoms with Crippen LogP contribution >= 0.6 is 0 Å². The van der Waals surface area contributed by atoms with Gasteiger partial charge in [-0.3, -0.25) is 0 Å². The van der Waals surface area contributed by atoms with Crippen molar-refractivity contribution in [3.8, 4) is 0 Å². The number of benzene rings is 2. The first-order chi connectivity index (χ1) is 8.25. The number of fused-ring (bicyclic) bond motifs is 1. The summed E-state index contributed by atoms with van der Waals surface area (Å²) in [5.74, 6) is 0. The van der Waals surface area contributed by atoms with E-state index in [1.165, 1.54) is 16.3 Å². The zero-order chi connectivity index (χ0) is 11.7. The average Bonchev–Trinajstić information content (AvgIpc) is 3.07. The molecule has 1 aliphatic rings. The highest BCUT2D eigenvalue weighted by Gasteiger charge is 2.37. The lowest BCUT2D eigenvalue weighted by molar-refractivity contribution is 0.569. The molecule has 2 aromatic carbocycles. The number of hydrogen-bond acceptors (Lipinski definition) is 2. The largest absolute Gasteiger partial charge is 0.324 e. The Balaban J connectivity index is 1.68. The smallest absolute Gasteiger partial charge is 0.0282 e. The molecule has 0 spiro atoms. The molecule has 0 radical (unpaired) electrons. The first-order valence-corrected chi connectivity index (χ1v) is 6.23. The predicted octanol–water partition coefficient (Wildman–Crippen LogP) is 2.42. The molecule has 2 heteroatoms. The zero-order valence-corrected chi connectivity index (χ0v) is 9.95. The van der Waals surface area contributed by atoms with Crippen molar-refractivity contribution in [3.63, 3.8) is 0 Å². The Morgan fingerprint density at radius 1 is 1.06 bits per heavy atom. The lowest BCUT2D eigenvalue weighted by atomic mass is 10.1. The SMILES string of the molecule is NC1(CNCc2ccc3ccccc3c2)CC1. The summed E-state index contributed by atoms with van der Waals surface area (Å²) in [4.78, 5) is 0. The van der Waals surface area contributed by atoms with Crippen molar-refractivity contribution in [2.24, 2.45) is 5.73 Å². The Labute approximate surface area is 102 Å². The second-order valence-corrected chi connectivity index (χ2v) is 5.15. The van der Waals surface area contributed by atoms with E-state index in [1.54, 1.807) is 0 Å². The molecule has 0 aliphatic heterocycles. The van der Waals surface area contributed by atoms with Gasteiger partial charge < -0.3 is 11.1 Å². The number of nitrogens with one attached hydrogen (secondary N) is 1. The van der Waals surface area contributed by atoms with Gasteiger partial charge in [0.05, 0.1) is 0 Å². The van der Waals surface area contributed by atoms with Crippen molar-refractivity contribution < 1.29 is 0 Å². The lowest BCUT2D eigenvalue weighted by Crippen LogP contribution is -2.35. The number of nitrogens with two attached hydrogens (primary N) is 1. The van der Waals surface area contributed by atoms with Gasteiger partial charge in [0.2, 0.25) is 0 Å². The maximum atomic E-state index is 6.04. The first-order valence-electron chi connectivity index (χ1n) is 6.23. The summed E-state index contributed by atoms with van der Waals surface area (Å²) in [6, 6.07) is 15.1. The van der Waals surface area contributed by atoms with Crippen LogP contribution in [0, 0.1) is 0 Å². The summed E-state index contributed by atoms with van der Waals surface area (Å²) in [6.07, 6.45) is 2.33. The van der Waals surface area contributed by atoms with Crippen LogP contribution in [0.4, 0.5) is 0 Å². The van der Waals surface area contributed by atoms with Crippen LogP contribution in [-0.2, 0) is 6.54 Å². The van der Waals surface area contributed by atoms with Crippen molar-refractivity contribution in [1.82, 2.24) is 5.32 Å². The number of rotatable bonds is 4. The molecule has 0 aromatic heterocycles. The molecular weight excluding hydrogens is 208 g/mol. The van der Waals surface area contributed by atoms with Gasteiger partial charge in [-0.15, -0.1) is 0 Å². The molecule has 0 unspecified atom stereocenters. The Bertz CT molecular complexity index is 529. The van der Waals surface area contributed by atoms with Gasteiger partial charge in [0.1, 0.15) is 0 Å². The van der Waals surface area contributed by atoms with Gasteiger partial charge in [-0.25, -0.2) is 0 Å². The molecule has 1 fully saturated rings. The van der Waals surface area contributed by atoms with E-state index >= 15 is 0 Å². The zero-order valence-electron chi connectivity index (χ0n) is 9.95. The first kappa shape index (κ1) is 10.8. The molecule has 1 saturated carbocycles. The van der Waals surface area contributed by atoms with Gasteiger partial charge in [0, 0.05) is 18.6 Å². The predicted molar refractivity (Wildman–Crippen MR) is 71.8 cm³/mol. The van der Waals surface area contributed by atoms with E-state index in [2.05, 4.69) is 47.8 Å². The second kappa shape index (κ2) is 4.13. The third kappa shape index (κ3) is 2.48. The van der Waals surface area contributed by atoms with Crippen molar-refractivity contribution in [2.75, 3.05) is 6.54 Å². The fourth-order valence-electron chi connectivity index (χ4n) is 2.14. The maximum Gasteiger partial charge on any atom is 0.0282 e. The van der Waals surface area contributed by atoms with Crippen molar-refractivity contribution in [2.45, 2.75) is 24.9 Å². The van der Waals surface area contributed by atoms with Gasteiger partial charge >= 0.3 is 0 Å². The third-order valence-electron chi connectivity index (χ3n) is 3.51. The summed E-state index contributed by atoms with van der Waals surface area (Å²) in [5.41, 5.74) is 7.46. The quantitative estimate of drug-likeness (QED) is 0.840. The van der Waals surface area contributed by atoms with E-state index in [9.17, 15) is 0 Å². The molecule has 88 valence electrons. The third-order valence-corrected chi connectivity index (χ3v) is 3.51. The highest BCUT2D eigenvalue weighted by atomic mass is 15.0. The molecule has 0 heterocycles. The topological polar surface area (TPSA) is 38.0 Å². The van der Waals surface area contributed by atoms with Crippen LogP contribution in [-0.4, -0.2) is 12.1 Å². The summed E-state index contributed by atoms with van der Waals surface area (Å²) >= 11 is 0. The van der Waals surface area contributed by atoms with Crippen molar-refractivity contribution in [1.29, 1.82) is 0 Å². The van der Waals surface area contributed by atoms with Crippen LogP contribution in [0.1, 0.15) is 18.4 Å². The average molecular weight is 226 g/mol. The minimum absolute atomic E-state index is 0.0941. The number of hydrogen-bond donors (Lipinski definition) is 2. The fraction of sp³-hybridized carbons (Fsp3) is 0.333. The monoisotopic (exact) mass is 226 g/mol. The van der Waals surface area contributed by atoms with Gasteiger partial charge in [0.15, 0.2) is 0 Å². The Morgan fingerprint density at radius 3 is 2.59 bits per heavy atom. The summed E-state index contributed by atoms with van der Waals surface area (Å²) in [7, 11) is 0.